The largest absolute Gasteiger partial charge is 0.421 e. The van der Waals surface area contributed by atoms with Crippen LogP contribution in [0.4, 0.5) is 36.3 Å². The molecule has 0 radical (unpaired) electrons. The van der Waals surface area contributed by atoms with Crippen molar-refractivity contribution in [1.82, 2.24) is 15.0 Å². The van der Waals surface area contributed by atoms with E-state index in [-0.39, 0.29) is 24.2 Å². The summed E-state index contributed by atoms with van der Waals surface area (Å²) in [5, 5.41) is 8.26. The number of alkyl halides is 3. The number of amides is 1. The van der Waals surface area contributed by atoms with Gasteiger partial charge in [-0.3, -0.25) is 9.78 Å². The maximum Gasteiger partial charge on any atom is 0.421 e. The highest BCUT2D eigenvalue weighted by Gasteiger charge is 2.35. The van der Waals surface area contributed by atoms with E-state index < -0.39 is 11.7 Å². The SMILES string of the molecule is O=C1Cc2ccc(Nc3ncc(C(F)(F)F)c(NCc4ccccn4)n3)cc2N1. The Morgan fingerprint density at radius 1 is 1.14 bits per heavy atom. The molecular weight excluding hydrogens is 385 g/mol. The molecule has 0 saturated carbocycles. The van der Waals surface area contributed by atoms with Crippen LogP contribution in [0, 0.1) is 0 Å². The molecular formula is C19H15F3N6O. The van der Waals surface area contributed by atoms with Crippen molar-refractivity contribution in [2.24, 2.45) is 0 Å². The lowest BCUT2D eigenvalue weighted by atomic mass is 10.1. The normalized spacial score (nSPS) is 13.0. The van der Waals surface area contributed by atoms with E-state index in [0.29, 0.717) is 23.5 Å². The monoisotopic (exact) mass is 400 g/mol. The first kappa shape index (κ1) is 18.7. The van der Waals surface area contributed by atoms with Crippen LogP contribution < -0.4 is 16.0 Å². The molecule has 1 amide bonds. The molecule has 0 unspecified atom stereocenters. The fourth-order valence-corrected chi connectivity index (χ4v) is 2.88. The zero-order valence-corrected chi connectivity index (χ0v) is 14.9. The third kappa shape index (κ3) is 4.26. The molecule has 1 aliphatic heterocycles. The number of aromatic nitrogens is 3. The van der Waals surface area contributed by atoms with Crippen molar-refractivity contribution in [2.45, 2.75) is 19.1 Å². The Labute approximate surface area is 163 Å². The summed E-state index contributed by atoms with van der Waals surface area (Å²) < 4.78 is 40.0. The summed E-state index contributed by atoms with van der Waals surface area (Å²) in [4.78, 5) is 23.3. The molecule has 7 nitrogen and oxygen atoms in total. The number of anilines is 4. The van der Waals surface area contributed by atoms with Crippen LogP contribution in [0.2, 0.25) is 0 Å². The summed E-state index contributed by atoms with van der Waals surface area (Å²) in [6.45, 7) is 0.0747. The highest BCUT2D eigenvalue weighted by atomic mass is 19.4. The summed E-state index contributed by atoms with van der Waals surface area (Å²) in [5.74, 6) is -0.468. The van der Waals surface area contributed by atoms with Gasteiger partial charge >= 0.3 is 6.18 Å². The average Bonchev–Trinajstić information content (AvgIpc) is 3.06. The second-order valence-electron chi connectivity index (χ2n) is 6.35. The molecule has 0 fully saturated rings. The van der Waals surface area contributed by atoms with Gasteiger partial charge in [0.25, 0.3) is 0 Å². The predicted octanol–water partition coefficient (Wildman–Crippen LogP) is 3.74. The van der Waals surface area contributed by atoms with Crippen molar-refractivity contribution in [3.8, 4) is 0 Å². The molecule has 0 saturated heterocycles. The first-order valence-corrected chi connectivity index (χ1v) is 8.66. The number of hydrogen-bond acceptors (Lipinski definition) is 6. The third-order valence-corrected chi connectivity index (χ3v) is 4.25. The van der Waals surface area contributed by atoms with Crippen LogP contribution in [-0.4, -0.2) is 20.9 Å². The molecule has 1 aliphatic rings. The van der Waals surface area contributed by atoms with Gasteiger partial charge in [-0.1, -0.05) is 12.1 Å². The highest BCUT2D eigenvalue weighted by Crippen LogP contribution is 2.34. The Morgan fingerprint density at radius 3 is 2.76 bits per heavy atom. The van der Waals surface area contributed by atoms with Crippen LogP contribution >= 0.6 is 0 Å². The van der Waals surface area contributed by atoms with E-state index in [1.807, 2.05) is 0 Å². The molecule has 29 heavy (non-hydrogen) atoms. The number of pyridine rings is 1. The minimum Gasteiger partial charge on any atom is -0.364 e. The quantitative estimate of drug-likeness (QED) is 0.604. The van der Waals surface area contributed by atoms with E-state index in [1.165, 1.54) is 0 Å². The van der Waals surface area contributed by atoms with E-state index >= 15 is 0 Å². The standard InChI is InChI=1S/C19H15F3N6O/c20-19(21,22)14-10-25-18(28-17(14)24-9-13-3-1-2-6-23-13)26-12-5-4-11-7-16(29)27-15(11)8-12/h1-6,8,10H,7,9H2,(H,27,29)(H2,24,25,26,28). The lowest BCUT2D eigenvalue weighted by molar-refractivity contribution is -0.137. The molecule has 0 bridgehead atoms. The van der Waals surface area contributed by atoms with Crippen molar-refractivity contribution in [3.05, 3.63) is 65.6 Å². The molecule has 4 rings (SSSR count). The lowest BCUT2D eigenvalue weighted by Gasteiger charge is -2.15. The number of fused-ring (bicyclic) bond motifs is 1. The summed E-state index contributed by atoms with van der Waals surface area (Å²) in [7, 11) is 0. The Morgan fingerprint density at radius 2 is 2.00 bits per heavy atom. The molecule has 0 spiro atoms. The van der Waals surface area contributed by atoms with E-state index in [0.717, 1.165) is 11.8 Å². The van der Waals surface area contributed by atoms with Gasteiger partial charge in [-0.25, -0.2) is 4.98 Å². The first-order chi connectivity index (χ1) is 13.9. The molecule has 3 N–H and O–H groups in total. The molecule has 0 atom stereocenters. The molecule has 2 aromatic heterocycles. The van der Waals surface area contributed by atoms with Crippen molar-refractivity contribution < 1.29 is 18.0 Å². The van der Waals surface area contributed by atoms with Crippen LogP contribution in [-0.2, 0) is 23.9 Å². The number of rotatable bonds is 5. The zero-order valence-electron chi connectivity index (χ0n) is 14.9. The van der Waals surface area contributed by atoms with Gasteiger partial charge in [-0.15, -0.1) is 0 Å². The molecule has 148 valence electrons. The predicted molar refractivity (Wildman–Crippen MR) is 101 cm³/mol. The second kappa shape index (κ2) is 7.38. The third-order valence-electron chi connectivity index (χ3n) is 4.25. The van der Waals surface area contributed by atoms with Crippen molar-refractivity contribution in [2.75, 3.05) is 16.0 Å². The van der Waals surface area contributed by atoms with Crippen LogP contribution in [0.5, 0.6) is 0 Å². The number of hydrogen-bond donors (Lipinski definition) is 3. The maximum absolute atomic E-state index is 13.3. The number of carbonyl (C=O) groups is 1. The first-order valence-electron chi connectivity index (χ1n) is 8.66. The van der Waals surface area contributed by atoms with Crippen LogP contribution in [0.15, 0.2) is 48.8 Å². The fraction of sp³-hybridized carbons (Fsp3) is 0.158. The Balaban J connectivity index is 1.58. The van der Waals surface area contributed by atoms with E-state index in [4.69, 9.17) is 0 Å². The van der Waals surface area contributed by atoms with Gasteiger partial charge < -0.3 is 16.0 Å². The number of benzene rings is 1. The molecule has 1 aromatic carbocycles. The topological polar surface area (TPSA) is 91.8 Å². The van der Waals surface area contributed by atoms with Crippen molar-refractivity contribution >= 4 is 29.0 Å². The Kier molecular flexibility index (Phi) is 4.75. The second-order valence-corrected chi connectivity index (χ2v) is 6.35. The minimum atomic E-state index is -4.61. The van der Waals surface area contributed by atoms with Crippen molar-refractivity contribution in [1.29, 1.82) is 0 Å². The van der Waals surface area contributed by atoms with Crippen LogP contribution in [0.3, 0.4) is 0 Å². The van der Waals surface area contributed by atoms with E-state index in [2.05, 4.69) is 30.9 Å². The number of carbonyl (C=O) groups excluding carboxylic acids is 1. The number of halogens is 3. The molecule has 3 heterocycles. The number of nitrogens with one attached hydrogen (secondary N) is 3. The minimum absolute atomic E-state index is 0.00852. The maximum atomic E-state index is 13.3. The van der Waals surface area contributed by atoms with Crippen LogP contribution in [0.1, 0.15) is 16.8 Å². The summed E-state index contributed by atoms with van der Waals surface area (Å²) in [6, 6.07) is 10.3. The summed E-state index contributed by atoms with van der Waals surface area (Å²) in [6.07, 6.45) is -2.02. The van der Waals surface area contributed by atoms with Gasteiger partial charge in [-0.2, -0.15) is 18.2 Å². The lowest BCUT2D eigenvalue weighted by Crippen LogP contribution is -2.14. The van der Waals surface area contributed by atoms with E-state index in [1.54, 1.807) is 42.6 Å². The molecule has 10 heteroatoms. The van der Waals surface area contributed by atoms with Gasteiger partial charge in [0.15, 0.2) is 0 Å². The highest BCUT2D eigenvalue weighted by molar-refractivity contribution is 5.99. The Bertz CT molecular complexity index is 1060. The van der Waals surface area contributed by atoms with Gasteiger partial charge in [0, 0.05) is 23.8 Å². The van der Waals surface area contributed by atoms with Crippen LogP contribution in [0.25, 0.3) is 0 Å². The van der Waals surface area contributed by atoms with Gasteiger partial charge in [0.05, 0.1) is 18.7 Å². The van der Waals surface area contributed by atoms with E-state index in [9.17, 15) is 18.0 Å². The molecule has 3 aromatic rings. The van der Waals surface area contributed by atoms with Gasteiger partial charge in [0.1, 0.15) is 11.4 Å². The summed E-state index contributed by atoms with van der Waals surface area (Å²) in [5.41, 5.74) is 1.65. The zero-order chi connectivity index (χ0) is 20.4. The smallest absolute Gasteiger partial charge is 0.364 e. The average molecular weight is 400 g/mol. The summed E-state index contributed by atoms with van der Waals surface area (Å²) >= 11 is 0. The fourth-order valence-electron chi connectivity index (χ4n) is 2.88. The van der Waals surface area contributed by atoms with Crippen molar-refractivity contribution in [3.63, 3.8) is 0 Å². The Hall–Kier alpha value is -3.69. The van der Waals surface area contributed by atoms with Gasteiger partial charge in [0.2, 0.25) is 11.9 Å². The van der Waals surface area contributed by atoms with Gasteiger partial charge in [-0.05, 0) is 29.8 Å². The molecule has 0 aliphatic carbocycles. The number of nitrogens with zero attached hydrogens (tertiary/aromatic N) is 3.